The molecule has 0 aromatic heterocycles. The molecule has 7 heteroatoms. The van der Waals surface area contributed by atoms with E-state index in [1.807, 2.05) is 0 Å². The summed E-state index contributed by atoms with van der Waals surface area (Å²) in [6.07, 6.45) is 8.16. The van der Waals surface area contributed by atoms with Gasteiger partial charge in [-0.15, -0.1) is 41.1 Å². The second kappa shape index (κ2) is 16.3. The third-order valence-electron chi connectivity index (χ3n) is 5.08. The van der Waals surface area contributed by atoms with Crippen molar-refractivity contribution in [3.63, 3.8) is 0 Å². The predicted octanol–water partition coefficient (Wildman–Crippen LogP) is 7.47. The van der Waals surface area contributed by atoms with Crippen LogP contribution in [0.3, 0.4) is 0 Å². The van der Waals surface area contributed by atoms with Gasteiger partial charge in [0, 0.05) is 28.5 Å². The molecule has 0 spiro atoms. The van der Waals surface area contributed by atoms with E-state index in [9.17, 15) is 4.79 Å². The van der Waals surface area contributed by atoms with Gasteiger partial charge in [0.2, 0.25) is 0 Å². The fourth-order valence-corrected chi connectivity index (χ4v) is 3.73. The van der Waals surface area contributed by atoms with E-state index in [1.165, 1.54) is 48.8 Å². The fourth-order valence-electron chi connectivity index (χ4n) is 3.73. The first-order valence-electron chi connectivity index (χ1n) is 10.3. The van der Waals surface area contributed by atoms with Gasteiger partial charge in [-0.1, -0.05) is 44.1 Å². The number of nitrogens with one attached hydrogen (secondary N) is 1. The van der Waals surface area contributed by atoms with Gasteiger partial charge < -0.3 is 15.4 Å². The number of carbonyl (C=O) groups excluding carboxylic acids is 1. The number of hydrogen-bond acceptors (Lipinski definition) is 2. The van der Waals surface area contributed by atoms with Crippen LogP contribution in [0.5, 0.6) is 0 Å². The van der Waals surface area contributed by atoms with Crippen LogP contribution in [0, 0.1) is 5.92 Å². The first-order chi connectivity index (χ1) is 14.1. The molecule has 1 aliphatic heterocycles. The number of fused-ring (bicyclic) bond motifs is 1. The molecular weight excluding hydrogens is 455 g/mol. The molecule has 3 nitrogen and oxygen atoms in total. The molecule has 1 N–H and O–H groups in total. The summed E-state index contributed by atoms with van der Waals surface area (Å²) >= 11 is -0.556. The van der Waals surface area contributed by atoms with E-state index in [-0.39, 0.29) is 11.8 Å². The monoisotopic (exact) mass is 486 g/mol. The summed E-state index contributed by atoms with van der Waals surface area (Å²) < 4.78 is 0. The third-order valence-corrected chi connectivity index (χ3v) is 5.08. The Morgan fingerprint density at radius 2 is 1.66 bits per heavy atom. The van der Waals surface area contributed by atoms with Crippen molar-refractivity contribution in [2.45, 2.75) is 58.0 Å². The Morgan fingerprint density at radius 3 is 2.17 bits per heavy atom. The van der Waals surface area contributed by atoms with Crippen LogP contribution < -0.4 is 4.90 Å². The van der Waals surface area contributed by atoms with Crippen LogP contribution in [0.25, 0.3) is 16.5 Å². The zero-order valence-electron chi connectivity index (χ0n) is 17.5. The molecule has 160 valence electrons. The largest absolute Gasteiger partial charge is 0.668 e. The molecule has 1 heterocycles. The zero-order valence-corrected chi connectivity index (χ0v) is 21.6. The topological polar surface area (TPSA) is 44.1 Å². The maximum Gasteiger partial charge on any atom is 0.0519 e. The molecule has 1 saturated heterocycles. The minimum atomic E-state index is -0.556. The Bertz CT molecular complexity index is 684. The molecule has 0 unspecified atom stereocenters. The number of rotatable bonds is 2. The van der Waals surface area contributed by atoms with Gasteiger partial charge in [0.15, 0.2) is 0 Å². The van der Waals surface area contributed by atoms with Crippen LogP contribution in [0.4, 0.5) is 5.69 Å². The normalized spacial score (nSPS) is 15.9. The quantitative estimate of drug-likeness (QED) is 0.326. The molecule has 2 aromatic rings. The van der Waals surface area contributed by atoms with Crippen molar-refractivity contribution in [3.05, 3.63) is 42.1 Å². The maximum absolute atomic E-state index is 10.5. The molecule has 4 rings (SSSR count). The van der Waals surface area contributed by atoms with Crippen LogP contribution in [-0.2, 0) is 21.8 Å². The molecule has 2 aromatic carbocycles. The average molecular weight is 487 g/mol. The van der Waals surface area contributed by atoms with Crippen LogP contribution in [-0.4, -0.2) is 28.5 Å². The van der Waals surface area contributed by atoms with Gasteiger partial charge in [-0.25, -0.2) is 0 Å². The Balaban J connectivity index is 0.000000242. The first kappa shape index (κ1) is 26.6. The van der Waals surface area contributed by atoms with E-state index in [0.717, 1.165) is 35.2 Å². The molecule has 2 fully saturated rings. The van der Waals surface area contributed by atoms with Gasteiger partial charge in [-0.2, -0.15) is 0 Å². The summed E-state index contributed by atoms with van der Waals surface area (Å²) in [5, 5.41) is 2.78. The number of hydrogen-bond donors (Lipinski definition) is 0. The number of benzene rings is 1. The van der Waals surface area contributed by atoms with Gasteiger partial charge in [0.25, 0.3) is 0 Å². The number of halogens is 2. The molecule has 1 saturated carbocycles. The number of anilines is 1. The van der Waals surface area contributed by atoms with E-state index >= 15 is 0 Å². The zero-order chi connectivity index (χ0) is 21.5. The first-order valence-corrected chi connectivity index (χ1v) is 16.6. The van der Waals surface area contributed by atoms with E-state index < -0.39 is 17.0 Å². The molecule has 1 aliphatic carbocycles. The fraction of sp³-hybridized carbons (Fsp3) is 0.545. The second-order valence-electron chi connectivity index (χ2n) is 7.27. The van der Waals surface area contributed by atoms with Crippen molar-refractivity contribution in [2.24, 2.45) is 5.92 Å². The summed E-state index contributed by atoms with van der Waals surface area (Å²) in [7, 11) is 10.9. The molecule has 1 amide bonds. The van der Waals surface area contributed by atoms with Gasteiger partial charge in [-0.05, 0) is 25.7 Å². The minimum absolute atomic E-state index is 0.0822. The van der Waals surface area contributed by atoms with Crippen LogP contribution in [0.1, 0.15) is 44.9 Å². The number of nitrogens with zero attached hydrogens (tertiary/aromatic N) is 1. The molecular formula is C22H32Cl2N2OSiTi-2. The molecule has 29 heavy (non-hydrogen) atoms. The standard InChI is InChI=1S/C13H14N.C7H13NO.C2H6Si.2ClH.Ti/c1-2-6-12-11(5-1)7-8-13(12)14-9-3-4-10-14;8-7(9)6-4-2-1-3-5-6;1-3-2;;;/h1-2,5-8H,3-4,9-10H2;6H,1-5H2,(H2,8,9);1-2H3;2*1H;/q-1;;;;;+2/p-3. The van der Waals surface area contributed by atoms with Crippen molar-refractivity contribution in [3.8, 4) is 0 Å². The third kappa shape index (κ3) is 9.97. The number of carbonyl (C=O) groups is 1. The summed E-state index contributed by atoms with van der Waals surface area (Å²) in [4.78, 5) is 13.0. The molecule has 0 bridgehead atoms. The van der Waals surface area contributed by atoms with E-state index in [4.69, 9.17) is 24.3 Å². The van der Waals surface area contributed by atoms with Gasteiger partial charge in [0.05, 0.1) is 5.91 Å². The minimum Gasteiger partial charge on any atom is -0.668 e. The summed E-state index contributed by atoms with van der Waals surface area (Å²) in [5.41, 5.74) is 8.26. The van der Waals surface area contributed by atoms with Crippen LogP contribution in [0.2, 0.25) is 13.1 Å². The van der Waals surface area contributed by atoms with E-state index in [2.05, 4.69) is 54.4 Å². The smallest absolute Gasteiger partial charge is 0.0519 e. The number of amides is 1. The van der Waals surface area contributed by atoms with Gasteiger partial charge >= 0.3 is 35.6 Å². The maximum atomic E-state index is 10.5. The summed E-state index contributed by atoms with van der Waals surface area (Å²) in [5.74, 6) is -0.270. The Morgan fingerprint density at radius 1 is 1.10 bits per heavy atom. The van der Waals surface area contributed by atoms with Crippen molar-refractivity contribution in [1.82, 2.24) is 0 Å². The van der Waals surface area contributed by atoms with Crippen molar-refractivity contribution in [1.29, 1.82) is 0 Å². The Kier molecular flexibility index (Phi) is 15.0. The summed E-state index contributed by atoms with van der Waals surface area (Å²) in [6.45, 7) is 6.77. The Hall–Kier alpha value is -0.389. The van der Waals surface area contributed by atoms with Crippen molar-refractivity contribution >= 4 is 50.5 Å². The van der Waals surface area contributed by atoms with Crippen molar-refractivity contribution in [2.75, 3.05) is 18.0 Å². The van der Waals surface area contributed by atoms with Crippen molar-refractivity contribution < 1.29 is 21.8 Å². The van der Waals surface area contributed by atoms with Gasteiger partial charge in [-0.3, -0.25) is 0 Å². The van der Waals surface area contributed by atoms with Crippen LogP contribution in [0.15, 0.2) is 36.4 Å². The SMILES string of the molecule is C[Si]C.[Cl][Ti][Cl].[NH-]C(=O)C1CCCCC1.c1ccc2c(N3CCCC3)c[cH-]c2c1. The molecule has 2 aliphatic rings. The average Bonchev–Trinajstić information content (AvgIpc) is 3.40. The molecule has 0 atom stereocenters. The molecule has 2 radical (unpaired) electrons. The van der Waals surface area contributed by atoms with E-state index in [0.29, 0.717) is 0 Å². The second-order valence-corrected chi connectivity index (χ2v) is 10.8. The van der Waals surface area contributed by atoms with Gasteiger partial charge in [0.1, 0.15) is 0 Å². The Labute approximate surface area is 195 Å². The predicted molar refractivity (Wildman–Crippen MR) is 126 cm³/mol. The van der Waals surface area contributed by atoms with E-state index in [1.54, 1.807) is 0 Å². The summed E-state index contributed by atoms with van der Waals surface area (Å²) in [6, 6.07) is 13.1. The van der Waals surface area contributed by atoms with Crippen LogP contribution >= 0.6 is 18.6 Å².